The number of rotatable bonds is 5. The number of aliphatic hydroxyl groups excluding tert-OH is 1. The van der Waals surface area contributed by atoms with Crippen molar-refractivity contribution in [3.8, 4) is 0 Å². The monoisotopic (exact) mass is 400 g/mol. The SMILES string of the molecule is CC(C)CCC[C@@H](C)[C@H]1CC[C@H]2[C@@H]3CC[C@]4(C)CC(O)=CC[C@]4(C)[C@H]3CC[C@]12C. The van der Waals surface area contributed by atoms with E-state index in [1.54, 1.807) is 0 Å². The maximum absolute atomic E-state index is 10.3. The Kier molecular flexibility index (Phi) is 5.70. The van der Waals surface area contributed by atoms with Crippen molar-refractivity contribution in [1.82, 2.24) is 0 Å². The highest BCUT2D eigenvalue weighted by Crippen LogP contribution is 2.71. The molecule has 166 valence electrons. The lowest BCUT2D eigenvalue weighted by Crippen LogP contribution is -2.56. The van der Waals surface area contributed by atoms with Crippen molar-refractivity contribution in [2.45, 2.75) is 112 Å². The molecule has 3 saturated carbocycles. The summed E-state index contributed by atoms with van der Waals surface area (Å²) in [5, 5.41) is 10.3. The molecule has 4 aliphatic rings. The van der Waals surface area contributed by atoms with Gasteiger partial charge in [0, 0.05) is 6.42 Å². The van der Waals surface area contributed by atoms with E-state index in [0.717, 1.165) is 48.3 Å². The molecule has 0 amide bonds. The van der Waals surface area contributed by atoms with Gasteiger partial charge in [-0.1, -0.05) is 60.8 Å². The Morgan fingerprint density at radius 2 is 1.72 bits per heavy atom. The van der Waals surface area contributed by atoms with Gasteiger partial charge in [0.15, 0.2) is 0 Å². The summed E-state index contributed by atoms with van der Waals surface area (Å²) in [6, 6.07) is 0. The topological polar surface area (TPSA) is 20.2 Å². The van der Waals surface area contributed by atoms with Gasteiger partial charge in [0.1, 0.15) is 0 Å². The Morgan fingerprint density at radius 3 is 2.45 bits per heavy atom. The second kappa shape index (κ2) is 7.59. The van der Waals surface area contributed by atoms with Crippen molar-refractivity contribution in [3.05, 3.63) is 11.8 Å². The van der Waals surface area contributed by atoms with Crippen LogP contribution >= 0.6 is 0 Å². The van der Waals surface area contributed by atoms with Gasteiger partial charge in [-0.15, -0.1) is 0 Å². The molecule has 4 rings (SSSR count). The van der Waals surface area contributed by atoms with Gasteiger partial charge in [-0.2, -0.15) is 0 Å². The molecule has 0 heterocycles. The summed E-state index contributed by atoms with van der Waals surface area (Å²) in [6.45, 7) is 15.1. The lowest BCUT2D eigenvalue weighted by molar-refractivity contribution is -0.141. The fraction of sp³-hybridized carbons (Fsp3) is 0.929. The minimum absolute atomic E-state index is 0.308. The fourth-order valence-corrected chi connectivity index (χ4v) is 9.21. The van der Waals surface area contributed by atoms with E-state index in [2.05, 4.69) is 47.6 Å². The summed E-state index contributed by atoms with van der Waals surface area (Å²) in [6.07, 6.45) is 17.1. The van der Waals surface area contributed by atoms with E-state index in [4.69, 9.17) is 0 Å². The van der Waals surface area contributed by atoms with Crippen LogP contribution in [0.1, 0.15) is 112 Å². The third-order valence-electron chi connectivity index (χ3n) is 11.2. The Bertz CT molecular complexity index is 634. The summed E-state index contributed by atoms with van der Waals surface area (Å²) in [4.78, 5) is 0. The first kappa shape index (κ1) is 21.8. The highest BCUT2D eigenvalue weighted by Gasteiger charge is 2.63. The van der Waals surface area contributed by atoms with Crippen molar-refractivity contribution >= 4 is 0 Å². The van der Waals surface area contributed by atoms with E-state index in [1.807, 2.05) is 0 Å². The predicted molar refractivity (Wildman–Crippen MR) is 124 cm³/mol. The first-order chi connectivity index (χ1) is 13.6. The Hall–Kier alpha value is -0.460. The second-order valence-electron chi connectivity index (χ2n) is 13.0. The van der Waals surface area contributed by atoms with Crippen molar-refractivity contribution in [2.75, 3.05) is 0 Å². The van der Waals surface area contributed by atoms with E-state index in [-0.39, 0.29) is 0 Å². The molecule has 0 saturated heterocycles. The molecule has 8 atom stereocenters. The van der Waals surface area contributed by atoms with Gasteiger partial charge in [0.05, 0.1) is 5.76 Å². The first-order valence-electron chi connectivity index (χ1n) is 13.0. The summed E-state index contributed by atoms with van der Waals surface area (Å²) >= 11 is 0. The molecule has 1 N–H and O–H groups in total. The third-order valence-corrected chi connectivity index (χ3v) is 11.2. The maximum atomic E-state index is 10.3. The quantitative estimate of drug-likeness (QED) is 0.490. The van der Waals surface area contributed by atoms with Crippen LogP contribution in [0, 0.1) is 51.8 Å². The van der Waals surface area contributed by atoms with Crippen molar-refractivity contribution in [3.63, 3.8) is 0 Å². The summed E-state index contributed by atoms with van der Waals surface area (Å²) < 4.78 is 0. The number of allylic oxidation sites excluding steroid dienone is 2. The van der Waals surface area contributed by atoms with Crippen molar-refractivity contribution in [2.24, 2.45) is 51.8 Å². The molecule has 4 aliphatic carbocycles. The van der Waals surface area contributed by atoms with Gasteiger partial charge in [0.25, 0.3) is 0 Å². The van der Waals surface area contributed by atoms with Crippen LogP contribution in [0.3, 0.4) is 0 Å². The van der Waals surface area contributed by atoms with E-state index >= 15 is 0 Å². The van der Waals surface area contributed by atoms with Crippen molar-refractivity contribution in [1.29, 1.82) is 0 Å². The third kappa shape index (κ3) is 3.41. The fourth-order valence-electron chi connectivity index (χ4n) is 9.21. The van der Waals surface area contributed by atoms with Crippen LogP contribution in [-0.2, 0) is 0 Å². The molecule has 0 aromatic heterocycles. The van der Waals surface area contributed by atoms with E-state index in [9.17, 15) is 5.11 Å². The van der Waals surface area contributed by atoms with E-state index in [0.29, 0.717) is 22.0 Å². The van der Waals surface area contributed by atoms with Crippen LogP contribution in [-0.4, -0.2) is 5.11 Å². The lowest BCUT2D eigenvalue weighted by atomic mass is 9.41. The lowest BCUT2D eigenvalue weighted by Gasteiger charge is -2.64. The van der Waals surface area contributed by atoms with Crippen LogP contribution in [0.15, 0.2) is 11.8 Å². The standard InChI is InChI=1S/C28H48O/c1-19(2)8-7-9-20(3)23-10-11-24-22-13-15-26(4)18-21(29)12-17-28(26,6)25(22)14-16-27(23,24)5/h12,19-20,22-25,29H,7-11,13-18H2,1-6H3/t20-,22+,23-,24+,25+,26-,27-,28-/m1/s1. The van der Waals surface area contributed by atoms with Crippen LogP contribution < -0.4 is 0 Å². The molecular formula is C28H48O. The zero-order chi connectivity index (χ0) is 21.0. The summed E-state index contributed by atoms with van der Waals surface area (Å²) in [5.41, 5.74) is 1.29. The molecule has 3 fully saturated rings. The highest BCUT2D eigenvalue weighted by molar-refractivity contribution is 5.17. The molecule has 1 nitrogen and oxygen atoms in total. The van der Waals surface area contributed by atoms with Crippen LogP contribution in [0.5, 0.6) is 0 Å². The van der Waals surface area contributed by atoms with Crippen LogP contribution in [0.2, 0.25) is 0 Å². The molecule has 29 heavy (non-hydrogen) atoms. The number of hydrogen-bond acceptors (Lipinski definition) is 1. The molecule has 0 spiro atoms. The van der Waals surface area contributed by atoms with Crippen LogP contribution in [0.4, 0.5) is 0 Å². The molecule has 0 radical (unpaired) electrons. The molecule has 0 unspecified atom stereocenters. The highest BCUT2D eigenvalue weighted by atomic mass is 16.3. The number of hydrogen-bond donors (Lipinski definition) is 1. The molecular weight excluding hydrogens is 352 g/mol. The molecule has 1 heteroatoms. The van der Waals surface area contributed by atoms with E-state index in [1.165, 1.54) is 57.8 Å². The zero-order valence-electron chi connectivity index (χ0n) is 20.3. The van der Waals surface area contributed by atoms with E-state index < -0.39 is 0 Å². The molecule has 0 aliphatic heterocycles. The van der Waals surface area contributed by atoms with Gasteiger partial charge in [0.2, 0.25) is 0 Å². The van der Waals surface area contributed by atoms with Gasteiger partial charge >= 0.3 is 0 Å². The minimum Gasteiger partial charge on any atom is -0.513 e. The Labute approximate surface area is 181 Å². The van der Waals surface area contributed by atoms with Gasteiger partial charge in [-0.3, -0.25) is 0 Å². The van der Waals surface area contributed by atoms with Crippen LogP contribution in [0.25, 0.3) is 0 Å². The van der Waals surface area contributed by atoms with Gasteiger partial charge < -0.3 is 5.11 Å². The summed E-state index contributed by atoms with van der Waals surface area (Å²) in [5.74, 6) is 6.15. The smallest absolute Gasteiger partial charge is 0.0888 e. The van der Waals surface area contributed by atoms with Crippen molar-refractivity contribution < 1.29 is 5.11 Å². The normalized spacial score (nSPS) is 47.9. The predicted octanol–water partition coefficient (Wildman–Crippen LogP) is 8.55. The second-order valence-corrected chi connectivity index (χ2v) is 13.0. The summed E-state index contributed by atoms with van der Waals surface area (Å²) in [7, 11) is 0. The zero-order valence-corrected chi connectivity index (χ0v) is 20.3. The number of fused-ring (bicyclic) bond motifs is 5. The maximum Gasteiger partial charge on any atom is 0.0888 e. The Balaban J connectivity index is 1.51. The molecule has 0 aromatic rings. The average molecular weight is 401 g/mol. The minimum atomic E-state index is 0.308. The van der Waals surface area contributed by atoms with Gasteiger partial charge in [-0.25, -0.2) is 0 Å². The average Bonchev–Trinajstić information content (AvgIpc) is 2.99. The number of aliphatic hydroxyl groups is 1. The molecule has 0 aromatic carbocycles. The van der Waals surface area contributed by atoms with Gasteiger partial charge in [-0.05, 0) is 103 Å². The molecule has 0 bridgehead atoms. The Morgan fingerprint density at radius 1 is 0.966 bits per heavy atom. The first-order valence-corrected chi connectivity index (χ1v) is 13.0. The largest absolute Gasteiger partial charge is 0.513 e.